The molecule has 1 aromatic rings. The molecule has 1 fully saturated rings. The first-order valence-electron chi connectivity index (χ1n) is 8.36. The average Bonchev–Trinajstić information content (AvgIpc) is 3.04. The van der Waals surface area contributed by atoms with E-state index in [9.17, 15) is 4.79 Å². The Morgan fingerprint density at radius 2 is 1.91 bits per heavy atom. The molecule has 0 bridgehead atoms. The Morgan fingerprint density at radius 1 is 1.22 bits per heavy atom. The SMILES string of the molecule is COc1ccc(C2CCN(C(=O)CCCCCCN)C2)cc1.Cl. The van der Waals surface area contributed by atoms with Crippen molar-refractivity contribution in [1.82, 2.24) is 4.90 Å². The summed E-state index contributed by atoms with van der Waals surface area (Å²) < 4.78 is 5.19. The predicted molar refractivity (Wildman–Crippen MR) is 96.3 cm³/mol. The molecule has 1 aromatic carbocycles. The smallest absolute Gasteiger partial charge is 0.222 e. The van der Waals surface area contributed by atoms with Gasteiger partial charge in [0.25, 0.3) is 0 Å². The Labute approximate surface area is 145 Å². The van der Waals surface area contributed by atoms with Crippen LogP contribution in [-0.4, -0.2) is 37.6 Å². The lowest BCUT2D eigenvalue weighted by Crippen LogP contribution is -2.28. The average molecular weight is 341 g/mol. The van der Waals surface area contributed by atoms with E-state index in [1.165, 1.54) is 5.56 Å². The van der Waals surface area contributed by atoms with E-state index in [0.717, 1.165) is 57.5 Å². The van der Waals surface area contributed by atoms with Gasteiger partial charge in [0.05, 0.1) is 7.11 Å². The first-order chi connectivity index (χ1) is 10.7. The number of nitrogens with zero attached hydrogens (tertiary/aromatic N) is 1. The second-order valence-electron chi connectivity index (χ2n) is 6.05. The van der Waals surface area contributed by atoms with Gasteiger partial charge in [0.2, 0.25) is 5.91 Å². The van der Waals surface area contributed by atoms with Crippen molar-refractivity contribution in [3.8, 4) is 5.75 Å². The van der Waals surface area contributed by atoms with Crippen molar-refractivity contribution >= 4 is 18.3 Å². The lowest BCUT2D eigenvalue weighted by atomic mass is 9.98. The number of benzene rings is 1. The molecular weight excluding hydrogens is 312 g/mol. The van der Waals surface area contributed by atoms with Crippen LogP contribution in [0, 0.1) is 0 Å². The van der Waals surface area contributed by atoms with Crippen molar-refractivity contribution in [2.24, 2.45) is 5.73 Å². The summed E-state index contributed by atoms with van der Waals surface area (Å²) in [6, 6.07) is 8.23. The van der Waals surface area contributed by atoms with Crippen LogP contribution in [0.3, 0.4) is 0 Å². The molecule has 23 heavy (non-hydrogen) atoms. The minimum absolute atomic E-state index is 0. The summed E-state index contributed by atoms with van der Waals surface area (Å²) in [5.41, 5.74) is 6.78. The molecule has 1 saturated heterocycles. The highest BCUT2D eigenvalue weighted by atomic mass is 35.5. The quantitative estimate of drug-likeness (QED) is 0.738. The summed E-state index contributed by atoms with van der Waals surface area (Å²) in [7, 11) is 1.68. The van der Waals surface area contributed by atoms with Crippen LogP contribution in [0.5, 0.6) is 5.75 Å². The molecule has 0 radical (unpaired) electrons. The summed E-state index contributed by atoms with van der Waals surface area (Å²) in [6.45, 7) is 2.50. The Bertz CT molecular complexity index is 465. The molecule has 1 unspecified atom stereocenters. The molecule has 1 aliphatic heterocycles. The van der Waals surface area contributed by atoms with Crippen molar-refractivity contribution in [3.63, 3.8) is 0 Å². The van der Waals surface area contributed by atoms with Gasteiger partial charge in [-0.25, -0.2) is 0 Å². The first kappa shape index (κ1) is 19.8. The van der Waals surface area contributed by atoms with Crippen LogP contribution in [0.25, 0.3) is 0 Å². The second-order valence-corrected chi connectivity index (χ2v) is 6.05. The fraction of sp³-hybridized carbons (Fsp3) is 0.611. The number of unbranched alkanes of at least 4 members (excludes halogenated alkanes) is 3. The molecule has 2 N–H and O–H groups in total. The zero-order valence-corrected chi connectivity index (χ0v) is 14.8. The number of rotatable bonds is 8. The Balaban J connectivity index is 0.00000264. The molecule has 1 heterocycles. The minimum atomic E-state index is 0. The normalized spacial score (nSPS) is 17.0. The van der Waals surface area contributed by atoms with Gasteiger partial charge in [-0.1, -0.05) is 25.0 Å². The molecular formula is C18H29ClN2O2. The van der Waals surface area contributed by atoms with Crippen molar-refractivity contribution in [1.29, 1.82) is 0 Å². The molecule has 1 aliphatic rings. The van der Waals surface area contributed by atoms with Crippen LogP contribution in [-0.2, 0) is 4.79 Å². The van der Waals surface area contributed by atoms with E-state index in [4.69, 9.17) is 10.5 Å². The van der Waals surface area contributed by atoms with Crippen LogP contribution in [0.2, 0.25) is 0 Å². The molecule has 130 valence electrons. The van der Waals surface area contributed by atoms with E-state index in [2.05, 4.69) is 12.1 Å². The fourth-order valence-corrected chi connectivity index (χ4v) is 3.07. The third kappa shape index (κ3) is 6.04. The van der Waals surface area contributed by atoms with E-state index in [-0.39, 0.29) is 12.4 Å². The van der Waals surface area contributed by atoms with Gasteiger partial charge >= 0.3 is 0 Å². The molecule has 0 aromatic heterocycles. The standard InChI is InChI=1S/C18H28N2O2.ClH/c1-22-17-9-7-15(8-10-17)16-11-13-20(14-16)18(21)6-4-2-3-5-12-19;/h7-10,16H,2-6,11-14,19H2,1H3;1H. The number of carbonyl (C=O) groups excluding carboxylic acids is 1. The van der Waals surface area contributed by atoms with E-state index in [0.29, 0.717) is 18.2 Å². The van der Waals surface area contributed by atoms with Crippen molar-refractivity contribution in [2.45, 2.75) is 44.4 Å². The molecule has 1 atom stereocenters. The Morgan fingerprint density at radius 3 is 2.57 bits per heavy atom. The maximum absolute atomic E-state index is 12.2. The first-order valence-corrected chi connectivity index (χ1v) is 8.36. The monoisotopic (exact) mass is 340 g/mol. The van der Waals surface area contributed by atoms with E-state index < -0.39 is 0 Å². The molecule has 1 amide bonds. The maximum atomic E-state index is 12.2. The van der Waals surface area contributed by atoms with Crippen LogP contribution < -0.4 is 10.5 Å². The van der Waals surface area contributed by atoms with Gasteiger partial charge in [0.1, 0.15) is 5.75 Å². The molecule has 0 spiro atoms. The summed E-state index contributed by atoms with van der Waals surface area (Å²) in [6.07, 6.45) is 6.04. The number of hydrogen-bond acceptors (Lipinski definition) is 3. The Kier molecular flexibility index (Phi) is 9.03. The number of carbonyl (C=O) groups is 1. The zero-order chi connectivity index (χ0) is 15.8. The van der Waals surface area contributed by atoms with Crippen LogP contribution in [0.1, 0.15) is 50.0 Å². The van der Waals surface area contributed by atoms with Gasteiger partial charge in [0, 0.05) is 25.4 Å². The highest BCUT2D eigenvalue weighted by Gasteiger charge is 2.26. The van der Waals surface area contributed by atoms with Gasteiger partial charge in [-0.05, 0) is 43.5 Å². The number of ether oxygens (including phenoxy) is 1. The van der Waals surface area contributed by atoms with Crippen molar-refractivity contribution < 1.29 is 9.53 Å². The van der Waals surface area contributed by atoms with E-state index >= 15 is 0 Å². The summed E-state index contributed by atoms with van der Waals surface area (Å²) in [5.74, 6) is 1.66. The second kappa shape index (κ2) is 10.5. The maximum Gasteiger partial charge on any atom is 0.222 e. The summed E-state index contributed by atoms with van der Waals surface area (Å²) >= 11 is 0. The highest BCUT2D eigenvalue weighted by Crippen LogP contribution is 2.29. The number of amides is 1. The summed E-state index contributed by atoms with van der Waals surface area (Å²) in [4.78, 5) is 14.3. The van der Waals surface area contributed by atoms with Gasteiger partial charge in [0.15, 0.2) is 0 Å². The molecule has 5 heteroatoms. The fourth-order valence-electron chi connectivity index (χ4n) is 3.07. The minimum Gasteiger partial charge on any atom is -0.497 e. The van der Waals surface area contributed by atoms with Crippen LogP contribution >= 0.6 is 12.4 Å². The van der Waals surface area contributed by atoms with Gasteiger partial charge in [-0.3, -0.25) is 4.79 Å². The number of halogens is 1. The van der Waals surface area contributed by atoms with Gasteiger partial charge in [-0.15, -0.1) is 12.4 Å². The largest absolute Gasteiger partial charge is 0.497 e. The van der Waals surface area contributed by atoms with Crippen molar-refractivity contribution in [2.75, 3.05) is 26.7 Å². The van der Waals surface area contributed by atoms with Gasteiger partial charge < -0.3 is 15.4 Å². The Hall–Kier alpha value is -1.26. The summed E-state index contributed by atoms with van der Waals surface area (Å²) in [5, 5.41) is 0. The number of likely N-dealkylation sites (tertiary alicyclic amines) is 1. The van der Waals surface area contributed by atoms with Crippen molar-refractivity contribution in [3.05, 3.63) is 29.8 Å². The van der Waals surface area contributed by atoms with E-state index in [1.54, 1.807) is 7.11 Å². The molecule has 4 nitrogen and oxygen atoms in total. The molecule has 2 rings (SSSR count). The lowest BCUT2D eigenvalue weighted by molar-refractivity contribution is -0.130. The molecule has 0 saturated carbocycles. The highest BCUT2D eigenvalue weighted by molar-refractivity contribution is 5.85. The topological polar surface area (TPSA) is 55.6 Å². The third-order valence-corrected chi connectivity index (χ3v) is 4.47. The molecule has 0 aliphatic carbocycles. The van der Waals surface area contributed by atoms with Gasteiger partial charge in [-0.2, -0.15) is 0 Å². The number of nitrogens with two attached hydrogens (primary N) is 1. The zero-order valence-electron chi connectivity index (χ0n) is 14.0. The number of methoxy groups -OCH3 is 1. The number of hydrogen-bond donors (Lipinski definition) is 1. The predicted octanol–water partition coefficient (Wildman–Crippen LogP) is 3.34. The third-order valence-electron chi connectivity index (χ3n) is 4.47. The van der Waals surface area contributed by atoms with Crippen LogP contribution in [0.15, 0.2) is 24.3 Å². The van der Waals surface area contributed by atoms with Crippen LogP contribution in [0.4, 0.5) is 0 Å². The lowest BCUT2D eigenvalue weighted by Gasteiger charge is -2.17. The van der Waals surface area contributed by atoms with E-state index in [1.807, 2.05) is 17.0 Å².